The normalized spacial score (nSPS) is 19.8. The van der Waals surface area contributed by atoms with Gasteiger partial charge in [-0.3, -0.25) is 9.88 Å². The third kappa shape index (κ3) is 5.41. The number of carbonyl (C=O) groups excluding carboxylic acids is 1. The molecular weight excluding hydrogens is 498 g/mol. The Kier molecular flexibility index (Phi) is 6.49. The number of halogens is 1. The molecule has 36 heavy (non-hydrogen) atoms. The van der Waals surface area contributed by atoms with E-state index in [-0.39, 0.29) is 18.5 Å². The van der Waals surface area contributed by atoms with Crippen LogP contribution in [0.3, 0.4) is 0 Å². The van der Waals surface area contributed by atoms with Crippen molar-refractivity contribution >= 4 is 25.3 Å². The summed E-state index contributed by atoms with van der Waals surface area (Å²) in [7, 11) is -5.10. The van der Waals surface area contributed by atoms with Crippen molar-refractivity contribution in [3.8, 4) is 11.1 Å². The smallest absolute Gasteiger partial charge is 0.414 e. The Labute approximate surface area is 203 Å². The fourth-order valence-corrected chi connectivity index (χ4v) is 4.19. The van der Waals surface area contributed by atoms with Gasteiger partial charge in [-0.05, 0) is 24.3 Å². The van der Waals surface area contributed by atoms with Crippen LogP contribution in [0, 0.1) is 5.82 Å². The molecular formula is C21H18FN6O7P-2. The van der Waals surface area contributed by atoms with E-state index < -0.39 is 38.5 Å². The molecule has 0 spiro atoms. The predicted octanol–water partition coefficient (Wildman–Crippen LogP) is 0.843. The Hall–Kier alpha value is -3.71. The van der Waals surface area contributed by atoms with Crippen LogP contribution in [-0.4, -0.2) is 57.1 Å². The van der Waals surface area contributed by atoms with Crippen molar-refractivity contribution in [3.63, 3.8) is 0 Å². The van der Waals surface area contributed by atoms with Gasteiger partial charge in [0, 0.05) is 29.9 Å². The number of carbonyl (C=O) groups is 1. The second-order valence-corrected chi connectivity index (χ2v) is 9.20. The zero-order valence-electron chi connectivity index (χ0n) is 18.5. The van der Waals surface area contributed by atoms with Crippen molar-refractivity contribution < 1.29 is 37.6 Å². The number of hydrogen-bond donors (Lipinski definition) is 0. The van der Waals surface area contributed by atoms with Gasteiger partial charge in [-0.2, -0.15) is 0 Å². The van der Waals surface area contributed by atoms with Crippen LogP contribution in [0.1, 0.15) is 12.1 Å². The maximum absolute atomic E-state index is 15.0. The minimum absolute atomic E-state index is 0.194. The first-order valence-electron chi connectivity index (χ1n) is 10.7. The third-order valence-corrected chi connectivity index (χ3v) is 5.99. The lowest BCUT2D eigenvalue weighted by Crippen LogP contribution is -2.26. The first-order chi connectivity index (χ1) is 17.2. The number of hydrogen-bond acceptors (Lipinski definition) is 11. The number of nitrogens with zero attached hydrogens (tertiary/aromatic N) is 6. The zero-order chi connectivity index (χ0) is 25.3. The second-order valence-electron chi connectivity index (χ2n) is 8.05. The second kappa shape index (κ2) is 9.74. The van der Waals surface area contributed by atoms with E-state index in [9.17, 15) is 23.5 Å². The van der Waals surface area contributed by atoms with E-state index in [0.717, 1.165) is 0 Å². The standard InChI is InChI=1S/C21H20FN6O7P/c22-18-7-14(28-11-16(34-21(28)29)10-27-6-5-24-26-27)2-3-17(18)13-1-4-19(23-9-13)20-8-15(35-25-20)12-33-36(30,31)32/h1-7,9,15-16H,8,10-12H2,(H2,30,31,32)/p-2/t15?,16-/m0/s1. The lowest BCUT2D eigenvalue weighted by molar-refractivity contribution is -0.342. The van der Waals surface area contributed by atoms with Gasteiger partial charge in [0.15, 0.2) is 6.10 Å². The molecule has 3 aromatic rings. The number of amides is 1. The predicted molar refractivity (Wildman–Crippen MR) is 117 cm³/mol. The van der Waals surface area contributed by atoms with Gasteiger partial charge in [0.25, 0.3) is 0 Å². The summed E-state index contributed by atoms with van der Waals surface area (Å²) in [4.78, 5) is 44.2. The number of aromatic nitrogens is 4. The minimum atomic E-state index is -5.10. The Morgan fingerprint density at radius 2 is 2.08 bits per heavy atom. The molecule has 2 aliphatic rings. The highest BCUT2D eigenvalue weighted by atomic mass is 31.2. The number of pyridine rings is 1. The summed E-state index contributed by atoms with van der Waals surface area (Å²) < 4.78 is 36.7. The average molecular weight is 516 g/mol. The van der Waals surface area contributed by atoms with Gasteiger partial charge in [-0.1, -0.05) is 16.4 Å². The van der Waals surface area contributed by atoms with Crippen LogP contribution in [-0.2, 0) is 25.2 Å². The third-order valence-electron chi connectivity index (χ3n) is 5.52. The Bertz CT molecular complexity index is 1330. The molecule has 2 aliphatic heterocycles. The maximum atomic E-state index is 15.0. The summed E-state index contributed by atoms with van der Waals surface area (Å²) in [5.41, 5.74) is 2.02. The lowest BCUT2D eigenvalue weighted by Gasteiger charge is -2.29. The number of anilines is 1. The van der Waals surface area contributed by atoms with E-state index >= 15 is 0 Å². The monoisotopic (exact) mass is 516 g/mol. The summed E-state index contributed by atoms with van der Waals surface area (Å²) in [5.74, 6) is -0.548. The fourth-order valence-electron chi connectivity index (χ4n) is 3.84. The molecule has 2 aromatic heterocycles. The Balaban J connectivity index is 1.23. The van der Waals surface area contributed by atoms with Gasteiger partial charge in [-0.15, -0.1) is 5.10 Å². The van der Waals surface area contributed by atoms with Gasteiger partial charge in [0.2, 0.25) is 0 Å². The summed E-state index contributed by atoms with van der Waals surface area (Å²) >= 11 is 0. The Morgan fingerprint density at radius 3 is 2.78 bits per heavy atom. The van der Waals surface area contributed by atoms with Gasteiger partial charge < -0.3 is 28.5 Å². The van der Waals surface area contributed by atoms with Crippen molar-refractivity contribution in [1.82, 2.24) is 20.0 Å². The van der Waals surface area contributed by atoms with Crippen LogP contribution in [0.5, 0.6) is 0 Å². The number of phosphoric acid groups is 1. The number of phosphoric ester groups is 1. The molecule has 13 nitrogen and oxygen atoms in total. The number of rotatable bonds is 8. The topological polar surface area (TPSA) is 167 Å². The highest BCUT2D eigenvalue weighted by Crippen LogP contribution is 2.30. The summed E-state index contributed by atoms with van der Waals surface area (Å²) in [5, 5.41) is 11.4. The van der Waals surface area contributed by atoms with Crippen LogP contribution in [0.2, 0.25) is 0 Å². The molecule has 1 fully saturated rings. The van der Waals surface area contributed by atoms with Crippen LogP contribution < -0.4 is 14.7 Å². The summed E-state index contributed by atoms with van der Waals surface area (Å²) in [6.07, 6.45) is 3.09. The summed E-state index contributed by atoms with van der Waals surface area (Å²) in [6.45, 7) is 0.132. The van der Waals surface area contributed by atoms with E-state index in [4.69, 9.17) is 9.57 Å². The van der Waals surface area contributed by atoms with Crippen LogP contribution >= 0.6 is 7.82 Å². The molecule has 0 aliphatic carbocycles. The van der Waals surface area contributed by atoms with Gasteiger partial charge in [0.05, 0.1) is 45.1 Å². The van der Waals surface area contributed by atoms with Crippen molar-refractivity contribution in [2.75, 3.05) is 18.1 Å². The molecule has 15 heteroatoms. The highest BCUT2D eigenvalue weighted by Gasteiger charge is 2.33. The van der Waals surface area contributed by atoms with Gasteiger partial charge >= 0.3 is 6.09 Å². The zero-order valence-corrected chi connectivity index (χ0v) is 19.4. The van der Waals surface area contributed by atoms with Crippen molar-refractivity contribution in [2.45, 2.75) is 25.2 Å². The van der Waals surface area contributed by atoms with Crippen LogP contribution in [0.25, 0.3) is 11.1 Å². The van der Waals surface area contributed by atoms with E-state index in [1.807, 2.05) is 0 Å². The molecule has 0 saturated carbocycles. The molecule has 1 saturated heterocycles. The number of cyclic esters (lactones) is 1. The van der Waals surface area contributed by atoms with Crippen molar-refractivity contribution in [1.29, 1.82) is 0 Å². The lowest BCUT2D eigenvalue weighted by atomic mass is 10.0. The molecule has 4 heterocycles. The van der Waals surface area contributed by atoms with Gasteiger partial charge in [-0.25, -0.2) is 13.9 Å². The number of benzene rings is 1. The van der Waals surface area contributed by atoms with Crippen molar-refractivity contribution in [2.24, 2.45) is 5.16 Å². The van der Waals surface area contributed by atoms with E-state index in [0.29, 0.717) is 29.2 Å². The average Bonchev–Trinajstić information content (AvgIpc) is 3.59. The minimum Gasteiger partial charge on any atom is -0.790 e. The molecule has 1 aromatic carbocycles. The molecule has 0 radical (unpaired) electrons. The largest absolute Gasteiger partial charge is 0.790 e. The van der Waals surface area contributed by atoms with Crippen molar-refractivity contribution in [3.05, 3.63) is 60.4 Å². The molecule has 0 bridgehead atoms. The molecule has 0 N–H and O–H groups in total. The maximum Gasteiger partial charge on any atom is 0.414 e. The quantitative estimate of drug-likeness (QED) is 0.391. The molecule has 5 rings (SSSR count). The van der Waals surface area contributed by atoms with Gasteiger partial charge in [0.1, 0.15) is 17.6 Å². The van der Waals surface area contributed by atoms with E-state index in [2.05, 4.69) is 25.0 Å². The summed E-state index contributed by atoms with van der Waals surface area (Å²) in [6, 6.07) is 7.69. The molecule has 2 atom stereocenters. The first-order valence-corrected chi connectivity index (χ1v) is 12.2. The molecule has 1 unspecified atom stereocenters. The Morgan fingerprint density at radius 1 is 1.22 bits per heavy atom. The van der Waals surface area contributed by atoms with E-state index in [1.165, 1.54) is 23.4 Å². The first kappa shape index (κ1) is 24.0. The number of oxime groups is 1. The van der Waals surface area contributed by atoms with E-state index in [1.54, 1.807) is 35.1 Å². The molecule has 1 amide bonds. The molecule has 188 valence electrons. The van der Waals surface area contributed by atoms with Crippen LogP contribution in [0.15, 0.2) is 54.1 Å². The van der Waals surface area contributed by atoms with Crippen LogP contribution in [0.4, 0.5) is 14.9 Å². The SMILES string of the molecule is O=C1O[C@@H](Cn2ccnn2)CN1c1ccc(-c2ccc(C3=NOC(COP(=O)([O-])[O-])C3)nc2)c(F)c1. The number of ether oxygens (including phenoxy) is 1. The fraction of sp³-hybridized carbons (Fsp3) is 0.286. The highest BCUT2D eigenvalue weighted by molar-refractivity contribution is 7.43.